The maximum Gasteiger partial charge on any atom is 0.0698 e. The average molecular weight is 427 g/mol. The zero-order chi connectivity index (χ0) is 22.6. The third kappa shape index (κ3) is 4.11. The SMILES string of the molecule is Cc1cccc(-c2ccc(N(c3ccccc3)c3ccccc3)c(N)c2-c2ccccc2)c1. The monoisotopic (exact) mass is 426 g/mol. The number of nitrogens with zero attached hydrogens (tertiary/aromatic N) is 1. The summed E-state index contributed by atoms with van der Waals surface area (Å²) in [4.78, 5) is 2.22. The van der Waals surface area contributed by atoms with Crippen LogP contribution in [0.25, 0.3) is 22.3 Å². The molecule has 2 N–H and O–H groups in total. The molecule has 0 aliphatic heterocycles. The van der Waals surface area contributed by atoms with Crippen molar-refractivity contribution in [1.29, 1.82) is 0 Å². The zero-order valence-corrected chi connectivity index (χ0v) is 18.6. The summed E-state index contributed by atoms with van der Waals surface area (Å²) in [5, 5.41) is 0. The van der Waals surface area contributed by atoms with Gasteiger partial charge in [-0.25, -0.2) is 0 Å². The molecule has 0 saturated carbocycles. The number of anilines is 4. The molecule has 5 aromatic rings. The second kappa shape index (κ2) is 9.05. The molecule has 0 spiro atoms. The minimum absolute atomic E-state index is 0.757. The van der Waals surface area contributed by atoms with Crippen LogP contribution in [-0.2, 0) is 0 Å². The molecule has 0 aliphatic carbocycles. The predicted octanol–water partition coefficient (Wildman–Crippen LogP) is 8.38. The molecule has 0 atom stereocenters. The van der Waals surface area contributed by atoms with Crippen molar-refractivity contribution in [2.24, 2.45) is 0 Å². The number of aryl methyl sites for hydroxylation is 1. The number of benzene rings is 5. The molecule has 2 nitrogen and oxygen atoms in total. The Balaban J connectivity index is 1.78. The molecule has 5 rings (SSSR count). The van der Waals surface area contributed by atoms with Gasteiger partial charge in [-0.05, 0) is 53.9 Å². The van der Waals surface area contributed by atoms with Crippen molar-refractivity contribution < 1.29 is 0 Å². The molecule has 0 aliphatic rings. The number of hydrogen-bond acceptors (Lipinski definition) is 2. The lowest BCUT2D eigenvalue weighted by Crippen LogP contribution is -2.12. The number of nitrogen functional groups attached to an aromatic ring is 1. The van der Waals surface area contributed by atoms with E-state index in [0.29, 0.717) is 0 Å². The average Bonchev–Trinajstić information content (AvgIpc) is 2.87. The fraction of sp³-hybridized carbons (Fsp3) is 0.0323. The van der Waals surface area contributed by atoms with Gasteiger partial charge in [-0.15, -0.1) is 0 Å². The normalized spacial score (nSPS) is 10.7. The van der Waals surface area contributed by atoms with E-state index in [2.05, 4.69) is 121 Å². The van der Waals surface area contributed by atoms with Gasteiger partial charge in [-0.3, -0.25) is 0 Å². The molecule has 0 aromatic heterocycles. The van der Waals surface area contributed by atoms with E-state index in [-0.39, 0.29) is 0 Å². The topological polar surface area (TPSA) is 29.3 Å². The first-order valence-electron chi connectivity index (χ1n) is 11.2. The second-order valence-electron chi connectivity index (χ2n) is 8.16. The highest BCUT2D eigenvalue weighted by atomic mass is 15.1. The van der Waals surface area contributed by atoms with E-state index in [4.69, 9.17) is 5.73 Å². The molecule has 0 unspecified atom stereocenters. The van der Waals surface area contributed by atoms with Gasteiger partial charge in [0.05, 0.1) is 11.4 Å². The van der Waals surface area contributed by atoms with E-state index in [1.165, 1.54) is 5.56 Å². The largest absolute Gasteiger partial charge is 0.397 e. The Morgan fingerprint density at radius 2 is 1.09 bits per heavy atom. The van der Waals surface area contributed by atoms with E-state index in [1.54, 1.807) is 0 Å². The number of para-hydroxylation sites is 2. The van der Waals surface area contributed by atoms with Crippen LogP contribution in [0.5, 0.6) is 0 Å². The first-order chi connectivity index (χ1) is 16.2. The van der Waals surface area contributed by atoms with E-state index >= 15 is 0 Å². The summed E-state index contributed by atoms with van der Waals surface area (Å²) >= 11 is 0. The lowest BCUT2D eigenvalue weighted by Gasteiger charge is -2.28. The standard InChI is InChI=1S/C31H26N2/c1-23-12-11-15-25(22-23)28-20-21-29(31(32)30(28)24-13-5-2-6-14-24)33(26-16-7-3-8-17-26)27-18-9-4-10-19-27/h2-22H,32H2,1H3. The van der Waals surface area contributed by atoms with Crippen LogP contribution >= 0.6 is 0 Å². The van der Waals surface area contributed by atoms with Crippen molar-refractivity contribution in [1.82, 2.24) is 0 Å². The molecular formula is C31H26N2. The van der Waals surface area contributed by atoms with Crippen LogP contribution < -0.4 is 10.6 Å². The van der Waals surface area contributed by atoms with Crippen molar-refractivity contribution in [2.75, 3.05) is 10.6 Å². The molecule has 5 aromatic carbocycles. The molecular weight excluding hydrogens is 400 g/mol. The minimum atomic E-state index is 0.757. The van der Waals surface area contributed by atoms with Crippen molar-refractivity contribution in [3.63, 3.8) is 0 Å². The minimum Gasteiger partial charge on any atom is -0.397 e. The van der Waals surface area contributed by atoms with Crippen molar-refractivity contribution in [3.05, 3.63) is 133 Å². The first kappa shape index (κ1) is 20.6. The Hall–Kier alpha value is -4.30. The maximum atomic E-state index is 7.03. The lowest BCUT2D eigenvalue weighted by atomic mass is 9.91. The summed E-state index contributed by atoms with van der Waals surface area (Å²) in [5.74, 6) is 0. The van der Waals surface area contributed by atoms with Gasteiger partial charge in [0.1, 0.15) is 0 Å². The third-order valence-electron chi connectivity index (χ3n) is 5.88. The van der Waals surface area contributed by atoms with E-state index in [9.17, 15) is 0 Å². The summed E-state index contributed by atoms with van der Waals surface area (Å²) < 4.78 is 0. The quantitative estimate of drug-likeness (QED) is 0.286. The van der Waals surface area contributed by atoms with Gasteiger partial charge in [-0.2, -0.15) is 0 Å². The van der Waals surface area contributed by atoms with Crippen LogP contribution in [-0.4, -0.2) is 0 Å². The molecule has 0 heterocycles. The van der Waals surface area contributed by atoms with Crippen LogP contribution in [0.1, 0.15) is 5.56 Å². The van der Waals surface area contributed by atoms with Gasteiger partial charge in [-0.1, -0.05) is 103 Å². The van der Waals surface area contributed by atoms with Crippen LogP contribution in [0.4, 0.5) is 22.7 Å². The van der Waals surface area contributed by atoms with Crippen molar-refractivity contribution in [2.45, 2.75) is 6.92 Å². The zero-order valence-electron chi connectivity index (χ0n) is 18.6. The Kier molecular flexibility index (Phi) is 5.65. The fourth-order valence-corrected chi connectivity index (χ4v) is 4.35. The maximum absolute atomic E-state index is 7.03. The molecule has 0 radical (unpaired) electrons. The van der Waals surface area contributed by atoms with Crippen LogP contribution in [0.3, 0.4) is 0 Å². The summed E-state index contributed by atoms with van der Waals surface area (Å²) in [6.07, 6.45) is 0. The highest BCUT2D eigenvalue weighted by molar-refractivity contribution is 5.99. The highest BCUT2D eigenvalue weighted by Gasteiger charge is 2.20. The van der Waals surface area contributed by atoms with Gasteiger partial charge in [0.2, 0.25) is 0 Å². The van der Waals surface area contributed by atoms with Crippen LogP contribution in [0.2, 0.25) is 0 Å². The molecule has 160 valence electrons. The third-order valence-corrected chi connectivity index (χ3v) is 5.88. The number of nitrogens with two attached hydrogens (primary N) is 1. The van der Waals surface area contributed by atoms with E-state index < -0.39 is 0 Å². The van der Waals surface area contributed by atoms with Gasteiger partial charge in [0.15, 0.2) is 0 Å². The van der Waals surface area contributed by atoms with Gasteiger partial charge in [0, 0.05) is 16.9 Å². The van der Waals surface area contributed by atoms with Crippen molar-refractivity contribution in [3.8, 4) is 22.3 Å². The van der Waals surface area contributed by atoms with E-state index in [0.717, 1.165) is 45.0 Å². The lowest BCUT2D eigenvalue weighted by molar-refractivity contribution is 1.28. The number of hydrogen-bond donors (Lipinski definition) is 1. The summed E-state index contributed by atoms with van der Waals surface area (Å²) in [5.41, 5.74) is 16.6. The predicted molar refractivity (Wildman–Crippen MR) is 141 cm³/mol. The smallest absolute Gasteiger partial charge is 0.0698 e. The molecule has 0 amide bonds. The van der Waals surface area contributed by atoms with Crippen LogP contribution in [0.15, 0.2) is 127 Å². The second-order valence-corrected chi connectivity index (χ2v) is 8.16. The fourth-order valence-electron chi connectivity index (χ4n) is 4.35. The van der Waals surface area contributed by atoms with Gasteiger partial charge >= 0.3 is 0 Å². The molecule has 2 heteroatoms. The van der Waals surface area contributed by atoms with E-state index in [1.807, 2.05) is 18.2 Å². The molecule has 33 heavy (non-hydrogen) atoms. The molecule has 0 fully saturated rings. The Bertz CT molecular complexity index is 1320. The molecule has 0 saturated heterocycles. The highest BCUT2D eigenvalue weighted by Crippen LogP contribution is 2.45. The summed E-state index contributed by atoms with van der Waals surface area (Å²) in [7, 11) is 0. The Labute approximate surface area is 195 Å². The number of rotatable bonds is 5. The van der Waals surface area contributed by atoms with Crippen molar-refractivity contribution >= 4 is 22.7 Å². The summed E-state index contributed by atoms with van der Waals surface area (Å²) in [6, 6.07) is 44.1. The summed E-state index contributed by atoms with van der Waals surface area (Å²) in [6.45, 7) is 2.12. The van der Waals surface area contributed by atoms with Crippen LogP contribution in [0, 0.1) is 6.92 Å². The molecule has 0 bridgehead atoms. The Morgan fingerprint density at radius 3 is 1.67 bits per heavy atom. The Morgan fingerprint density at radius 1 is 0.545 bits per heavy atom. The van der Waals surface area contributed by atoms with Gasteiger partial charge < -0.3 is 10.6 Å². The van der Waals surface area contributed by atoms with Gasteiger partial charge in [0.25, 0.3) is 0 Å². The first-order valence-corrected chi connectivity index (χ1v) is 11.2.